The van der Waals surface area contributed by atoms with Gasteiger partial charge >= 0.3 is 19.3 Å². The van der Waals surface area contributed by atoms with Crippen LogP contribution in [0.3, 0.4) is 0 Å². The van der Waals surface area contributed by atoms with Crippen molar-refractivity contribution in [2.24, 2.45) is 5.11 Å². The van der Waals surface area contributed by atoms with E-state index in [1.165, 1.54) is 31.5 Å². The minimum Gasteiger partial charge on any atom is -0.465 e. The Hall–Kier alpha value is -3.18. The fourth-order valence-electron chi connectivity index (χ4n) is 3.24. The summed E-state index contributed by atoms with van der Waals surface area (Å²) in [6, 6.07) is 9.18. The Balaban J connectivity index is 1.95. The van der Waals surface area contributed by atoms with Crippen LogP contribution in [0.2, 0.25) is 0 Å². The number of hydrogen-bond donors (Lipinski definition) is 2. The van der Waals surface area contributed by atoms with Gasteiger partial charge in [0.2, 0.25) is 0 Å². The molecule has 34 heavy (non-hydrogen) atoms. The number of nitrogens with one attached hydrogen (secondary N) is 2. The normalized spacial score (nSPS) is 17.4. The van der Waals surface area contributed by atoms with Gasteiger partial charge in [0, 0.05) is 17.5 Å². The molecule has 0 spiro atoms. The molecule has 2 N–H and O–H groups in total. The van der Waals surface area contributed by atoms with Gasteiger partial charge in [0.15, 0.2) is 0 Å². The van der Waals surface area contributed by atoms with Gasteiger partial charge in [0.25, 0.3) is 0 Å². The first kappa shape index (κ1) is 25.4. The summed E-state index contributed by atoms with van der Waals surface area (Å²) in [5.74, 6) is -0.598. The summed E-state index contributed by atoms with van der Waals surface area (Å²) in [7, 11) is 0.476. The smallest absolute Gasteiger partial charge is 0.465 e. The number of hydrogen-bond acceptors (Lipinski definition) is 7. The molecule has 3 rings (SSSR count). The van der Waals surface area contributed by atoms with Gasteiger partial charge in [-0.05, 0) is 69.6 Å². The van der Waals surface area contributed by atoms with E-state index in [2.05, 4.69) is 10.4 Å². The third-order valence-corrected chi connectivity index (χ3v) is 5.91. The van der Waals surface area contributed by atoms with Crippen LogP contribution in [0.5, 0.6) is 0 Å². The fourth-order valence-corrected chi connectivity index (χ4v) is 3.24. The number of carbonyl (C=O) groups excluding carboxylic acids is 1. The second-order valence-corrected chi connectivity index (χ2v) is 8.78. The van der Waals surface area contributed by atoms with Gasteiger partial charge in [0.05, 0.1) is 29.4 Å². The maximum absolute atomic E-state index is 12.8. The van der Waals surface area contributed by atoms with E-state index in [1.54, 1.807) is 12.1 Å². The number of nitrogens with zero attached hydrogens (tertiary/aromatic N) is 1. The van der Waals surface area contributed by atoms with Crippen molar-refractivity contribution in [3.05, 3.63) is 65.4 Å². The Bertz CT molecular complexity index is 1100. The number of benzene rings is 2. The summed E-state index contributed by atoms with van der Waals surface area (Å²) < 4.78 is 55.3. The third-order valence-electron chi connectivity index (χ3n) is 5.91. The largest absolute Gasteiger partial charge is 0.494 e. The molecule has 2 aromatic rings. The Morgan fingerprint density at radius 1 is 1.06 bits per heavy atom. The first-order valence-electron chi connectivity index (χ1n) is 10.4. The zero-order valence-corrected chi connectivity index (χ0v) is 19.4. The number of methoxy groups -OCH3 is 1. The molecule has 1 fully saturated rings. The highest BCUT2D eigenvalue weighted by atomic mass is 19.4. The van der Waals surface area contributed by atoms with Crippen molar-refractivity contribution >= 4 is 29.9 Å². The van der Waals surface area contributed by atoms with Gasteiger partial charge < -0.3 is 19.4 Å². The highest BCUT2D eigenvalue weighted by molar-refractivity contribution is 6.62. The summed E-state index contributed by atoms with van der Waals surface area (Å²) in [5.41, 5.74) is 7.22. The summed E-state index contributed by atoms with van der Waals surface area (Å²) in [4.78, 5) is 12.3. The lowest BCUT2D eigenvalue weighted by atomic mass is 9.77. The molecule has 7 nitrogen and oxygen atoms in total. The molecule has 0 aliphatic carbocycles. The molecule has 0 unspecified atom stereocenters. The van der Waals surface area contributed by atoms with Crippen molar-refractivity contribution in [1.82, 2.24) is 0 Å². The van der Waals surface area contributed by atoms with E-state index in [4.69, 9.17) is 19.6 Å². The predicted octanol–water partition coefficient (Wildman–Crippen LogP) is 5.23. The summed E-state index contributed by atoms with van der Waals surface area (Å²) in [6.45, 7) is 7.60. The number of alkyl halides is 3. The summed E-state index contributed by atoms with van der Waals surface area (Å²) in [6.07, 6.45) is -3.08. The SMILES string of the molecule is COC(=O)c1cc(B2OC(C)(C)C(C)(C)O2)cc(/C(=C/Nc2ccc(C(F)(F)F)cc2)N=N)c1. The van der Waals surface area contributed by atoms with E-state index in [1.807, 2.05) is 27.7 Å². The molecule has 0 atom stereocenters. The zero-order chi connectivity index (χ0) is 25.3. The minimum absolute atomic E-state index is 0.128. The molecule has 0 saturated carbocycles. The first-order valence-corrected chi connectivity index (χ1v) is 10.4. The van der Waals surface area contributed by atoms with Crippen LogP contribution in [-0.4, -0.2) is 31.4 Å². The average molecular weight is 475 g/mol. The number of rotatable bonds is 6. The Morgan fingerprint density at radius 3 is 2.12 bits per heavy atom. The van der Waals surface area contributed by atoms with Crippen molar-refractivity contribution in [1.29, 1.82) is 5.53 Å². The van der Waals surface area contributed by atoms with Gasteiger partial charge in [-0.25, -0.2) is 10.3 Å². The van der Waals surface area contributed by atoms with Crippen LogP contribution in [0, 0.1) is 5.53 Å². The molecule has 0 amide bonds. The number of halogens is 3. The number of anilines is 1. The highest BCUT2D eigenvalue weighted by Gasteiger charge is 2.51. The van der Waals surface area contributed by atoms with E-state index in [0.717, 1.165) is 12.1 Å². The molecule has 0 radical (unpaired) electrons. The Labute approximate surface area is 195 Å². The van der Waals surface area contributed by atoms with Crippen LogP contribution >= 0.6 is 0 Å². The number of carbonyl (C=O) groups is 1. The van der Waals surface area contributed by atoms with Crippen molar-refractivity contribution in [3.8, 4) is 0 Å². The van der Waals surface area contributed by atoms with Gasteiger partial charge in [-0.15, -0.1) is 0 Å². The second-order valence-electron chi connectivity index (χ2n) is 8.78. The van der Waals surface area contributed by atoms with Gasteiger partial charge in [-0.2, -0.15) is 18.3 Å². The molecular weight excluding hydrogens is 450 g/mol. The molecule has 0 aromatic heterocycles. The standard InChI is InChI=1S/C23H25BF3N3O4/c1-21(2)22(3,4)34-24(33-21)17-11-14(10-15(12-17)20(31)32-5)19(30-28)13-29-18-8-6-16(7-9-18)23(25,26)27/h6-13,28-29H,1-5H3/b19-13-,30-28?. The van der Waals surface area contributed by atoms with Crippen LogP contribution in [-0.2, 0) is 20.2 Å². The van der Waals surface area contributed by atoms with Crippen molar-refractivity contribution in [2.75, 3.05) is 12.4 Å². The lowest BCUT2D eigenvalue weighted by molar-refractivity contribution is -0.137. The molecule has 180 valence electrons. The molecule has 1 aliphatic rings. The van der Waals surface area contributed by atoms with E-state index in [0.29, 0.717) is 16.7 Å². The highest BCUT2D eigenvalue weighted by Crippen LogP contribution is 2.37. The van der Waals surface area contributed by atoms with Crippen LogP contribution in [0.1, 0.15) is 49.2 Å². The zero-order valence-electron chi connectivity index (χ0n) is 19.4. The topological polar surface area (TPSA) is 93.0 Å². The quantitative estimate of drug-likeness (QED) is 0.339. The fraction of sp³-hybridized carbons (Fsp3) is 0.348. The Kier molecular flexibility index (Phi) is 6.91. The van der Waals surface area contributed by atoms with Crippen LogP contribution in [0.25, 0.3) is 5.70 Å². The van der Waals surface area contributed by atoms with E-state index < -0.39 is 36.0 Å². The van der Waals surface area contributed by atoms with Crippen LogP contribution in [0.15, 0.2) is 53.8 Å². The molecular formula is C23H25BF3N3O4. The van der Waals surface area contributed by atoms with Gasteiger partial charge in [0.1, 0.15) is 5.70 Å². The molecule has 2 aromatic carbocycles. The average Bonchev–Trinajstić information content (AvgIpc) is 3.00. The van der Waals surface area contributed by atoms with E-state index >= 15 is 0 Å². The summed E-state index contributed by atoms with van der Waals surface area (Å²) in [5, 5.41) is 6.35. The van der Waals surface area contributed by atoms with Crippen molar-refractivity contribution in [2.45, 2.75) is 45.1 Å². The molecule has 0 bridgehead atoms. The third kappa shape index (κ3) is 5.31. The van der Waals surface area contributed by atoms with Crippen LogP contribution in [0.4, 0.5) is 18.9 Å². The summed E-state index contributed by atoms with van der Waals surface area (Å²) >= 11 is 0. The van der Waals surface area contributed by atoms with E-state index in [9.17, 15) is 18.0 Å². The molecule has 1 heterocycles. The minimum atomic E-state index is -4.44. The molecule has 11 heteroatoms. The number of esters is 1. The molecule has 1 saturated heterocycles. The molecule has 1 aliphatic heterocycles. The number of ether oxygens (including phenoxy) is 1. The van der Waals surface area contributed by atoms with E-state index in [-0.39, 0.29) is 11.3 Å². The predicted molar refractivity (Wildman–Crippen MR) is 122 cm³/mol. The monoisotopic (exact) mass is 475 g/mol. The van der Waals surface area contributed by atoms with Gasteiger partial charge in [-0.3, -0.25) is 0 Å². The first-order chi connectivity index (χ1) is 15.8. The maximum atomic E-state index is 12.8. The Morgan fingerprint density at radius 2 is 1.62 bits per heavy atom. The van der Waals surface area contributed by atoms with Crippen molar-refractivity contribution in [3.63, 3.8) is 0 Å². The second kappa shape index (κ2) is 9.23. The van der Waals surface area contributed by atoms with Crippen LogP contribution < -0.4 is 10.8 Å². The lowest BCUT2D eigenvalue weighted by Crippen LogP contribution is -2.41. The van der Waals surface area contributed by atoms with Crippen molar-refractivity contribution < 1.29 is 32.0 Å². The maximum Gasteiger partial charge on any atom is 0.494 e. The van der Waals surface area contributed by atoms with Gasteiger partial charge in [-0.1, -0.05) is 6.07 Å². The lowest BCUT2D eigenvalue weighted by Gasteiger charge is -2.32.